The zero-order valence-corrected chi connectivity index (χ0v) is 12.7. The summed E-state index contributed by atoms with van der Waals surface area (Å²) in [4.78, 5) is 14.3. The van der Waals surface area contributed by atoms with E-state index in [0.717, 1.165) is 37.4 Å². The zero-order chi connectivity index (χ0) is 16.2. The van der Waals surface area contributed by atoms with Gasteiger partial charge in [-0.2, -0.15) is 0 Å². The Bertz CT molecular complexity index is 682. The molecule has 0 spiro atoms. The Balaban J connectivity index is 1.61. The van der Waals surface area contributed by atoms with Crippen LogP contribution in [0.3, 0.4) is 0 Å². The molecule has 1 heterocycles. The van der Waals surface area contributed by atoms with Crippen molar-refractivity contribution in [2.45, 2.75) is 6.54 Å². The Hall–Kier alpha value is -2.47. The quantitative estimate of drug-likeness (QED) is 0.689. The molecule has 0 saturated carbocycles. The summed E-state index contributed by atoms with van der Waals surface area (Å²) in [5, 5.41) is 11.1. The third kappa shape index (κ3) is 3.65. The molecule has 0 atom stereocenters. The molecule has 1 aliphatic rings. The van der Waals surface area contributed by atoms with Crippen LogP contribution in [0.2, 0.25) is 0 Å². The van der Waals surface area contributed by atoms with Crippen LogP contribution in [0.15, 0.2) is 48.5 Å². The molecule has 6 heteroatoms. The number of hydrogen-bond donors (Lipinski definition) is 1. The second-order valence-corrected chi connectivity index (χ2v) is 5.78. The number of nitrogens with zero attached hydrogens (tertiary/aromatic N) is 2. The number of nitrogens with one attached hydrogen (secondary N) is 1. The maximum absolute atomic E-state index is 13.0. The van der Waals surface area contributed by atoms with Crippen LogP contribution in [0, 0.1) is 15.9 Å². The standard InChI is InChI=1S/C17H18FN3O2/c18-15-5-7-16(8-6-15)20-11-9-19(10-12-20)13-14-3-1-2-4-17(14)21(22)23/h1-8H,9-13H2/p+1. The Morgan fingerprint density at radius 3 is 2.39 bits per heavy atom. The van der Waals surface area contributed by atoms with E-state index in [1.807, 2.05) is 12.1 Å². The second-order valence-electron chi connectivity index (χ2n) is 5.78. The number of anilines is 1. The first kappa shape index (κ1) is 15.4. The van der Waals surface area contributed by atoms with Crippen molar-refractivity contribution >= 4 is 11.4 Å². The van der Waals surface area contributed by atoms with Crippen LogP contribution in [-0.4, -0.2) is 31.1 Å². The molecular formula is C17H19FN3O2+. The van der Waals surface area contributed by atoms with Gasteiger partial charge in [-0.1, -0.05) is 12.1 Å². The average molecular weight is 316 g/mol. The van der Waals surface area contributed by atoms with Gasteiger partial charge in [-0.15, -0.1) is 0 Å². The maximum Gasteiger partial charge on any atom is 0.278 e. The number of benzene rings is 2. The van der Waals surface area contributed by atoms with E-state index in [1.165, 1.54) is 17.0 Å². The third-order valence-corrected chi connectivity index (χ3v) is 4.29. The minimum absolute atomic E-state index is 0.195. The summed E-state index contributed by atoms with van der Waals surface area (Å²) in [6.07, 6.45) is 0. The highest BCUT2D eigenvalue weighted by Gasteiger charge is 2.23. The van der Waals surface area contributed by atoms with Gasteiger partial charge in [0.15, 0.2) is 0 Å². The van der Waals surface area contributed by atoms with Crippen molar-refractivity contribution in [3.05, 3.63) is 70.0 Å². The van der Waals surface area contributed by atoms with E-state index in [1.54, 1.807) is 24.3 Å². The van der Waals surface area contributed by atoms with Crippen molar-refractivity contribution < 1.29 is 14.2 Å². The molecule has 0 unspecified atom stereocenters. The number of nitro benzene ring substituents is 1. The predicted molar refractivity (Wildman–Crippen MR) is 86.1 cm³/mol. The number of piperazine rings is 1. The summed E-state index contributed by atoms with van der Waals surface area (Å²) in [5.74, 6) is -0.227. The molecule has 2 aromatic rings. The molecule has 0 amide bonds. The van der Waals surface area contributed by atoms with E-state index < -0.39 is 0 Å². The predicted octanol–water partition coefficient (Wildman–Crippen LogP) is 1.64. The van der Waals surface area contributed by atoms with E-state index in [0.29, 0.717) is 6.54 Å². The first-order valence-electron chi connectivity index (χ1n) is 7.70. The molecule has 2 aromatic carbocycles. The van der Waals surface area contributed by atoms with Gasteiger partial charge in [0.1, 0.15) is 12.4 Å². The lowest BCUT2D eigenvalue weighted by molar-refractivity contribution is -0.914. The van der Waals surface area contributed by atoms with Gasteiger partial charge in [-0.3, -0.25) is 10.1 Å². The minimum atomic E-state index is -0.316. The van der Waals surface area contributed by atoms with E-state index in [9.17, 15) is 14.5 Å². The number of para-hydroxylation sites is 1. The fourth-order valence-electron chi connectivity index (χ4n) is 3.02. The van der Waals surface area contributed by atoms with Crippen LogP contribution in [0.5, 0.6) is 0 Å². The highest BCUT2D eigenvalue weighted by Crippen LogP contribution is 2.17. The topological polar surface area (TPSA) is 50.8 Å². The van der Waals surface area contributed by atoms with E-state index in [2.05, 4.69) is 4.90 Å². The maximum atomic E-state index is 13.0. The summed E-state index contributed by atoms with van der Waals surface area (Å²) >= 11 is 0. The molecule has 0 bridgehead atoms. The van der Waals surface area contributed by atoms with Gasteiger partial charge in [-0.25, -0.2) is 4.39 Å². The number of hydrogen-bond acceptors (Lipinski definition) is 3. The largest absolute Gasteiger partial charge is 0.360 e. The Labute approximate surface area is 134 Å². The molecule has 1 N–H and O–H groups in total. The second kappa shape index (κ2) is 6.75. The van der Waals surface area contributed by atoms with Crippen molar-refractivity contribution in [1.82, 2.24) is 0 Å². The van der Waals surface area contributed by atoms with Gasteiger partial charge in [0, 0.05) is 11.8 Å². The molecule has 1 aliphatic heterocycles. The van der Waals surface area contributed by atoms with Crippen molar-refractivity contribution in [3.8, 4) is 0 Å². The molecule has 23 heavy (non-hydrogen) atoms. The monoisotopic (exact) mass is 316 g/mol. The highest BCUT2D eigenvalue weighted by atomic mass is 19.1. The van der Waals surface area contributed by atoms with Gasteiger partial charge >= 0.3 is 0 Å². The average Bonchev–Trinajstić information content (AvgIpc) is 2.57. The molecule has 1 saturated heterocycles. The third-order valence-electron chi connectivity index (χ3n) is 4.29. The fraction of sp³-hybridized carbons (Fsp3) is 0.294. The highest BCUT2D eigenvalue weighted by molar-refractivity contribution is 5.46. The molecule has 0 radical (unpaired) electrons. The summed E-state index contributed by atoms with van der Waals surface area (Å²) in [5.41, 5.74) is 2.00. The van der Waals surface area contributed by atoms with Gasteiger partial charge in [-0.05, 0) is 30.3 Å². The molecule has 5 nitrogen and oxygen atoms in total. The molecule has 0 aliphatic carbocycles. The molecular weight excluding hydrogens is 297 g/mol. The van der Waals surface area contributed by atoms with Crippen molar-refractivity contribution in [2.75, 3.05) is 31.1 Å². The Morgan fingerprint density at radius 2 is 1.74 bits per heavy atom. The minimum Gasteiger partial charge on any atom is -0.360 e. The van der Waals surface area contributed by atoms with E-state index in [-0.39, 0.29) is 16.4 Å². The first-order chi connectivity index (χ1) is 11.1. The molecule has 120 valence electrons. The van der Waals surface area contributed by atoms with Crippen LogP contribution in [-0.2, 0) is 6.54 Å². The number of quaternary nitrogens is 1. The summed E-state index contributed by atoms with van der Waals surface area (Å²) < 4.78 is 13.0. The van der Waals surface area contributed by atoms with Gasteiger partial charge in [0.05, 0.1) is 36.7 Å². The van der Waals surface area contributed by atoms with E-state index in [4.69, 9.17) is 0 Å². The van der Waals surface area contributed by atoms with Crippen molar-refractivity contribution in [3.63, 3.8) is 0 Å². The number of rotatable bonds is 4. The zero-order valence-electron chi connectivity index (χ0n) is 12.7. The lowest BCUT2D eigenvalue weighted by Gasteiger charge is -2.33. The van der Waals surface area contributed by atoms with Crippen LogP contribution in [0.1, 0.15) is 5.56 Å². The lowest BCUT2D eigenvalue weighted by atomic mass is 10.1. The summed E-state index contributed by atoms with van der Waals surface area (Å²) in [6.45, 7) is 4.20. The smallest absolute Gasteiger partial charge is 0.278 e. The number of halogens is 1. The Morgan fingerprint density at radius 1 is 1.09 bits per heavy atom. The van der Waals surface area contributed by atoms with Gasteiger partial charge in [0.2, 0.25) is 0 Å². The summed E-state index contributed by atoms with van der Waals surface area (Å²) in [6, 6.07) is 13.5. The molecule has 0 aromatic heterocycles. The van der Waals surface area contributed by atoms with Crippen LogP contribution >= 0.6 is 0 Å². The van der Waals surface area contributed by atoms with Gasteiger partial charge < -0.3 is 9.80 Å². The van der Waals surface area contributed by atoms with Gasteiger partial charge in [0.25, 0.3) is 5.69 Å². The molecule has 1 fully saturated rings. The fourth-order valence-corrected chi connectivity index (χ4v) is 3.02. The van der Waals surface area contributed by atoms with Crippen LogP contribution < -0.4 is 9.80 Å². The lowest BCUT2D eigenvalue weighted by Crippen LogP contribution is -3.13. The van der Waals surface area contributed by atoms with Crippen LogP contribution in [0.4, 0.5) is 15.8 Å². The van der Waals surface area contributed by atoms with Crippen molar-refractivity contribution in [1.29, 1.82) is 0 Å². The van der Waals surface area contributed by atoms with E-state index >= 15 is 0 Å². The number of nitro groups is 1. The SMILES string of the molecule is O=[N+]([O-])c1ccccc1C[NH+]1CCN(c2ccc(F)cc2)CC1. The Kier molecular flexibility index (Phi) is 4.52. The van der Waals surface area contributed by atoms with Crippen molar-refractivity contribution in [2.24, 2.45) is 0 Å². The normalized spacial score (nSPS) is 15.6. The van der Waals surface area contributed by atoms with Crippen LogP contribution in [0.25, 0.3) is 0 Å². The first-order valence-corrected chi connectivity index (χ1v) is 7.70. The summed E-state index contributed by atoms with van der Waals surface area (Å²) in [7, 11) is 0. The molecule has 3 rings (SSSR count).